The Bertz CT molecular complexity index is 818. The van der Waals surface area contributed by atoms with Crippen molar-refractivity contribution < 1.29 is 9.59 Å². The highest BCUT2D eigenvalue weighted by Crippen LogP contribution is 2.34. The second-order valence-electron chi connectivity index (χ2n) is 7.27. The van der Waals surface area contributed by atoms with E-state index in [1.807, 2.05) is 19.5 Å². The molecule has 3 rings (SSSR count). The van der Waals surface area contributed by atoms with Gasteiger partial charge in [-0.3, -0.25) is 14.5 Å². The molecule has 1 aliphatic carbocycles. The summed E-state index contributed by atoms with van der Waals surface area (Å²) in [6.07, 6.45) is 2.98. The monoisotopic (exact) mass is 420 g/mol. The second-order valence-corrected chi connectivity index (χ2v) is 8.55. The molecule has 6 nitrogen and oxygen atoms in total. The summed E-state index contributed by atoms with van der Waals surface area (Å²) in [4.78, 5) is 33.4. The number of carbonyl (C=O) groups is 2. The molecule has 1 N–H and O–H groups in total. The number of rotatable bonds is 9. The Kier molecular flexibility index (Phi) is 7.04. The fourth-order valence-electron chi connectivity index (χ4n) is 2.80. The third-order valence-corrected chi connectivity index (χ3v) is 5.58. The summed E-state index contributed by atoms with van der Waals surface area (Å²) in [7, 11) is 4.04. The van der Waals surface area contributed by atoms with Gasteiger partial charge in [0.15, 0.2) is 5.13 Å². The van der Waals surface area contributed by atoms with Gasteiger partial charge < -0.3 is 10.2 Å². The Morgan fingerprint density at radius 3 is 2.57 bits per heavy atom. The number of amides is 2. The fraction of sp³-hybridized carbons (Fsp3) is 0.450. The first-order valence-electron chi connectivity index (χ1n) is 9.38. The highest BCUT2D eigenvalue weighted by atomic mass is 35.5. The van der Waals surface area contributed by atoms with Crippen LogP contribution in [0.4, 0.5) is 10.8 Å². The molecule has 0 bridgehead atoms. The van der Waals surface area contributed by atoms with E-state index in [-0.39, 0.29) is 24.2 Å². The van der Waals surface area contributed by atoms with E-state index < -0.39 is 0 Å². The normalized spacial score (nSPS) is 13.6. The van der Waals surface area contributed by atoms with Gasteiger partial charge in [0.05, 0.1) is 12.1 Å². The van der Waals surface area contributed by atoms with Crippen LogP contribution in [0, 0.1) is 5.92 Å². The van der Waals surface area contributed by atoms with Crippen LogP contribution in [0.3, 0.4) is 0 Å². The lowest BCUT2D eigenvalue weighted by Crippen LogP contribution is -2.34. The van der Waals surface area contributed by atoms with Gasteiger partial charge in [-0.05, 0) is 64.2 Å². The number of hydrogen-bond donors (Lipinski definition) is 1. The molecule has 0 spiro atoms. The predicted octanol–water partition coefficient (Wildman–Crippen LogP) is 3.67. The van der Waals surface area contributed by atoms with Crippen LogP contribution in [0.2, 0.25) is 5.02 Å². The van der Waals surface area contributed by atoms with E-state index in [9.17, 15) is 9.59 Å². The van der Waals surface area contributed by atoms with Crippen molar-refractivity contribution in [2.24, 2.45) is 5.92 Å². The molecule has 1 aromatic carbocycles. The molecule has 150 valence electrons. The van der Waals surface area contributed by atoms with Gasteiger partial charge in [-0.25, -0.2) is 4.98 Å². The SMILES string of the molecule is CN(C)CCCN(C(=O)C1CC1)c1nc(CC(=O)Nc2ccc(Cl)cc2)cs1. The minimum Gasteiger partial charge on any atom is -0.326 e. The first-order valence-corrected chi connectivity index (χ1v) is 10.6. The molecule has 0 radical (unpaired) electrons. The zero-order valence-corrected chi connectivity index (χ0v) is 17.7. The van der Waals surface area contributed by atoms with Crippen LogP contribution in [0.1, 0.15) is 25.0 Å². The Morgan fingerprint density at radius 2 is 1.93 bits per heavy atom. The average Bonchev–Trinajstić information content (AvgIpc) is 3.40. The lowest BCUT2D eigenvalue weighted by Gasteiger charge is -2.21. The van der Waals surface area contributed by atoms with Gasteiger partial charge in [-0.15, -0.1) is 11.3 Å². The van der Waals surface area contributed by atoms with Crippen molar-refractivity contribution in [3.05, 3.63) is 40.4 Å². The fourth-order valence-corrected chi connectivity index (χ4v) is 3.78. The van der Waals surface area contributed by atoms with Crippen LogP contribution in [-0.4, -0.2) is 48.9 Å². The van der Waals surface area contributed by atoms with Crippen LogP contribution in [0.15, 0.2) is 29.6 Å². The molecule has 28 heavy (non-hydrogen) atoms. The zero-order valence-electron chi connectivity index (χ0n) is 16.2. The van der Waals surface area contributed by atoms with Crippen molar-refractivity contribution >= 4 is 45.6 Å². The highest BCUT2D eigenvalue weighted by Gasteiger charge is 2.34. The van der Waals surface area contributed by atoms with Crippen molar-refractivity contribution in [2.75, 3.05) is 37.4 Å². The van der Waals surface area contributed by atoms with Crippen LogP contribution in [0.25, 0.3) is 0 Å². The van der Waals surface area contributed by atoms with E-state index >= 15 is 0 Å². The maximum absolute atomic E-state index is 12.7. The van der Waals surface area contributed by atoms with Crippen LogP contribution in [-0.2, 0) is 16.0 Å². The van der Waals surface area contributed by atoms with Crippen LogP contribution in [0.5, 0.6) is 0 Å². The molecule has 1 saturated carbocycles. The van der Waals surface area contributed by atoms with Crippen molar-refractivity contribution in [3.63, 3.8) is 0 Å². The van der Waals surface area contributed by atoms with Crippen molar-refractivity contribution in [2.45, 2.75) is 25.7 Å². The molecule has 1 aliphatic rings. The Hall–Kier alpha value is -1.96. The van der Waals surface area contributed by atoms with E-state index in [0.29, 0.717) is 28.1 Å². The number of carbonyl (C=O) groups excluding carboxylic acids is 2. The smallest absolute Gasteiger partial charge is 0.231 e. The number of benzene rings is 1. The molecule has 2 amide bonds. The Balaban J connectivity index is 1.61. The molecule has 0 saturated heterocycles. The van der Waals surface area contributed by atoms with Crippen LogP contribution >= 0.6 is 22.9 Å². The molecular formula is C20H25ClN4O2S. The number of aromatic nitrogens is 1. The standard InChI is InChI=1S/C20H25ClN4O2S/c1-24(2)10-3-11-25(19(27)14-4-5-14)20-23-17(13-28-20)12-18(26)22-16-8-6-15(21)7-9-16/h6-9,13-14H,3-5,10-12H2,1-2H3,(H,22,26). The van der Waals surface area contributed by atoms with Gasteiger partial charge in [0.2, 0.25) is 11.8 Å². The predicted molar refractivity (Wildman–Crippen MR) is 114 cm³/mol. The summed E-state index contributed by atoms with van der Waals surface area (Å²) in [6.45, 7) is 1.56. The quantitative estimate of drug-likeness (QED) is 0.672. The van der Waals surface area contributed by atoms with E-state index in [1.165, 1.54) is 11.3 Å². The molecule has 0 atom stereocenters. The Morgan fingerprint density at radius 1 is 1.21 bits per heavy atom. The molecule has 1 heterocycles. The maximum Gasteiger partial charge on any atom is 0.231 e. The highest BCUT2D eigenvalue weighted by molar-refractivity contribution is 7.14. The van der Waals surface area contributed by atoms with Gasteiger partial charge in [0.1, 0.15) is 0 Å². The van der Waals surface area contributed by atoms with Gasteiger partial charge in [0, 0.05) is 28.6 Å². The van der Waals surface area contributed by atoms with Crippen molar-refractivity contribution in [3.8, 4) is 0 Å². The van der Waals surface area contributed by atoms with Crippen LogP contribution < -0.4 is 10.2 Å². The summed E-state index contributed by atoms with van der Waals surface area (Å²) in [5, 5.41) is 6.00. The number of hydrogen-bond acceptors (Lipinski definition) is 5. The van der Waals surface area contributed by atoms with Gasteiger partial charge in [-0.2, -0.15) is 0 Å². The number of halogens is 1. The number of anilines is 2. The summed E-state index contributed by atoms with van der Waals surface area (Å²) < 4.78 is 0. The molecule has 0 aliphatic heterocycles. The summed E-state index contributed by atoms with van der Waals surface area (Å²) >= 11 is 7.28. The van der Waals surface area contributed by atoms with Crippen molar-refractivity contribution in [1.29, 1.82) is 0 Å². The lowest BCUT2D eigenvalue weighted by molar-refractivity contribution is -0.119. The second kappa shape index (κ2) is 9.49. The number of nitrogens with zero attached hydrogens (tertiary/aromatic N) is 3. The summed E-state index contributed by atoms with van der Waals surface area (Å²) in [5.74, 6) is 0.150. The molecular weight excluding hydrogens is 396 g/mol. The van der Waals surface area contributed by atoms with Gasteiger partial charge in [-0.1, -0.05) is 11.6 Å². The summed E-state index contributed by atoms with van der Waals surface area (Å²) in [6, 6.07) is 6.97. The average molecular weight is 421 g/mol. The van der Waals surface area contributed by atoms with Gasteiger partial charge in [0.25, 0.3) is 0 Å². The molecule has 2 aromatic rings. The third kappa shape index (κ3) is 6.02. The minimum absolute atomic E-state index is 0.139. The maximum atomic E-state index is 12.7. The zero-order chi connectivity index (χ0) is 20.1. The van der Waals surface area contributed by atoms with E-state index in [1.54, 1.807) is 29.2 Å². The molecule has 8 heteroatoms. The minimum atomic E-state index is -0.146. The topological polar surface area (TPSA) is 65.5 Å². The number of nitrogens with one attached hydrogen (secondary N) is 1. The third-order valence-electron chi connectivity index (χ3n) is 4.42. The van der Waals surface area contributed by atoms with E-state index in [4.69, 9.17) is 11.6 Å². The number of thiazole rings is 1. The summed E-state index contributed by atoms with van der Waals surface area (Å²) in [5.41, 5.74) is 1.37. The molecule has 0 unspecified atom stereocenters. The van der Waals surface area contributed by atoms with E-state index in [2.05, 4.69) is 15.2 Å². The first-order chi connectivity index (χ1) is 13.4. The first kappa shape index (κ1) is 20.8. The Labute approximate surface area is 174 Å². The van der Waals surface area contributed by atoms with Crippen molar-refractivity contribution in [1.82, 2.24) is 9.88 Å². The van der Waals surface area contributed by atoms with E-state index in [0.717, 1.165) is 25.8 Å². The molecule has 1 fully saturated rings. The lowest BCUT2D eigenvalue weighted by atomic mass is 10.3. The largest absolute Gasteiger partial charge is 0.326 e. The molecule has 1 aromatic heterocycles. The van der Waals surface area contributed by atoms with Gasteiger partial charge >= 0.3 is 0 Å².